The van der Waals surface area contributed by atoms with Crippen molar-refractivity contribution in [1.82, 2.24) is 9.88 Å². The lowest BCUT2D eigenvalue weighted by molar-refractivity contribution is 0.0299. The Morgan fingerprint density at radius 1 is 1.08 bits per heavy atom. The maximum atomic E-state index is 13.2. The van der Waals surface area contributed by atoms with Crippen LogP contribution >= 0.6 is 23.1 Å². The highest BCUT2D eigenvalue weighted by Crippen LogP contribution is 2.35. The molecule has 0 unspecified atom stereocenters. The lowest BCUT2D eigenvalue weighted by Crippen LogP contribution is -2.41. The molecule has 0 radical (unpaired) electrons. The molecule has 1 aliphatic rings. The fraction of sp³-hybridized carbons (Fsp3) is 0.280. The van der Waals surface area contributed by atoms with Crippen molar-refractivity contribution < 1.29 is 23.9 Å². The molecule has 1 saturated heterocycles. The molecule has 2 amide bonds. The van der Waals surface area contributed by atoms with Gasteiger partial charge in [0.15, 0.2) is 5.13 Å². The molecule has 0 bridgehead atoms. The van der Waals surface area contributed by atoms with E-state index in [9.17, 15) is 14.4 Å². The zero-order valence-electron chi connectivity index (χ0n) is 20.1. The fourth-order valence-electron chi connectivity index (χ4n) is 3.55. The predicted molar refractivity (Wildman–Crippen MR) is 139 cm³/mol. The molecule has 1 aromatic heterocycles. The number of aromatic nitrogens is 1. The number of thiazole rings is 1. The molecule has 36 heavy (non-hydrogen) atoms. The van der Waals surface area contributed by atoms with Crippen molar-refractivity contribution in [3.8, 4) is 0 Å². The van der Waals surface area contributed by atoms with Gasteiger partial charge in [-0.2, -0.15) is 0 Å². The number of carbonyl (C=O) groups excluding carboxylic acids is 3. The number of carbonyl (C=O) groups is 3. The van der Waals surface area contributed by atoms with E-state index in [-0.39, 0.29) is 22.9 Å². The molecule has 4 rings (SSSR count). The average Bonchev–Trinajstić information content (AvgIpc) is 3.34. The maximum Gasteiger partial charge on any atom is 0.338 e. The van der Waals surface area contributed by atoms with Crippen molar-refractivity contribution in [3.05, 3.63) is 65.4 Å². The first-order valence-corrected chi connectivity index (χ1v) is 12.8. The van der Waals surface area contributed by atoms with E-state index in [1.807, 2.05) is 31.1 Å². The zero-order valence-corrected chi connectivity index (χ0v) is 21.8. The van der Waals surface area contributed by atoms with Crippen molar-refractivity contribution in [3.63, 3.8) is 0 Å². The van der Waals surface area contributed by atoms with Crippen LogP contribution in [-0.2, 0) is 9.47 Å². The van der Waals surface area contributed by atoms with E-state index in [4.69, 9.17) is 9.47 Å². The molecule has 2 heterocycles. The monoisotopic (exact) mass is 526 g/mol. The van der Waals surface area contributed by atoms with Crippen molar-refractivity contribution in [2.45, 2.75) is 9.10 Å². The molecule has 3 aromatic rings. The third kappa shape index (κ3) is 6.04. The van der Waals surface area contributed by atoms with Crippen molar-refractivity contribution >= 4 is 51.7 Å². The van der Waals surface area contributed by atoms with E-state index in [0.717, 1.165) is 14.8 Å². The number of nitrogens with zero attached hydrogens (tertiary/aromatic N) is 3. The van der Waals surface area contributed by atoms with Crippen molar-refractivity contribution in [2.75, 3.05) is 57.7 Å². The van der Waals surface area contributed by atoms with Crippen LogP contribution in [0, 0.1) is 0 Å². The van der Waals surface area contributed by atoms with Gasteiger partial charge in [-0.15, -0.1) is 0 Å². The topological polar surface area (TPSA) is 101 Å². The number of morpholine rings is 1. The van der Waals surface area contributed by atoms with Crippen LogP contribution in [0.25, 0.3) is 0 Å². The highest BCUT2D eigenvalue weighted by atomic mass is 32.2. The minimum atomic E-state index is -0.565. The smallest absolute Gasteiger partial charge is 0.338 e. The van der Waals surface area contributed by atoms with Gasteiger partial charge in [0.2, 0.25) is 0 Å². The van der Waals surface area contributed by atoms with Gasteiger partial charge < -0.3 is 19.3 Å². The Hall–Kier alpha value is -3.41. The van der Waals surface area contributed by atoms with Crippen LogP contribution in [0.4, 0.5) is 10.8 Å². The van der Waals surface area contributed by atoms with Crippen LogP contribution in [0.1, 0.15) is 31.1 Å². The minimum Gasteiger partial charge on any atom is -0.465 e. The third-order valence-corrected chi connectivity index (χ3v) is 7.50. The Balaban J connectivity index is 1.48. The van der Waals surface area contributed by atoms with Gasteiger partial charge in [-0.3, -0.25) is 14.9 Å². The summed E-state index contributed by atoms with van der Waals surface area (Å²) >= 11 is 2.72. The van der Waals surface area contributed by atoms with E-state index < -0.39 is 5.97 Å². The van der Waals surface area contributed by atoms with Crippen LogP contribution < -0.4 is 10.2 Å². The summed E-state index contributed by atoms with van der Waals surface area (Å²) in [5.74, 6) is -1.05. The predicted octanol–water partition coefficient (Wildman–Crippen LogP) is 3.87. The molecule has 1 fully saturated rings. The Kier molecular flexibility index (Phi) is 8.24. The van der Waals surface area contributed by atoms with Crippen molar-refractivity contribution in [1.29, 1.82) is 0 Å². The number of methoxy groups -OCH3 is 1. The second-order valence-electron chi connectivity index (χ2n) is 8.09. The summed E-state index contributed by atoms with van der Waals surface area (Å²) in [6.45, 7) is 1.85. The van der Waals surface area contributed by atoms with Gasteiger partial charge >= 0.3 is 5.97 Å². The summed E-state index contributed by atoms with van der Waals surface area (Å²) in [4.78, 5) is 46.8. The fourth-order valence-corrected chi connectivity index (χ4v) is 5.44. The van der Waals surface area contributed by atoms with Gasteiger partial charge in [-0.25, -0.2) is 9.78 Å². The summed E-state index contributed by atoms with van der Waals surface area (Å²) in [6, 6.07) is 12.4. The number of ether oxygens (including phenoxy) is 2. The van der Waals surface area contributed by atoms with Crippen LogP contribution in [0.3, 0.4) is 0 Å². The molecule has 0 spiro atoms. The number of hydrogen-bond acceptors (Lipinski definition) is 9. The van der Waals surface area contributed by atoms with E-state index in [1.54, 1.807) is 41.4 Å². The van der Waals surface area contributed by atoms with Crippen molar-refractivity contribution in [2.24, 2.45) is 0 Å². The lowest BCUT2D eigenvalue weighted by atomic mass is 10.1. The number of hydrogen-bond donors (Lipinski definition) is 1. The Labute approximate surface area is 217 Å². The maximum absolute atomic E-state index is 13.2. The molecular weight excluding hydrogens is 500 g/mol. The van der Waals surface area contributed by atoms with E-state index >= 15 is 0 Å². The van der Waals surface area contributed by atoms with E-state index in [1.165, 1.54) is 30.2 Å². The largest absolute Gasteiger partial charge is 0.465 e. The first-order valence-electron chi connectivity index (χ1n) is 11.2. The van der Waals surface area contributed by atoms with Gasteiger partial charge in [-0.05, 0) is 42.5 Å². The summed E-state index contributed by atoms with van der Waals surface area (Å²) < 4.78 is 11.0. The molecule has 188 valence electrons. The first kappa shape index (κ1) is 25.7. The molecule has 9 nitrogen and oxygen atoms in total. The van der Waals surface area contributed by atoms with Crippen LogP contribution in [0.2, 0.25) is 0 Å². The van der Waals surface area contributed by atoms with E-state index in [2.05, 4.69) is 10.3 Å². The number of benzene rings is 2. The van der Waals surface area contributed by atoms with Gasteiger partial charge in [0.05, 0.1) is 41.9 Å². The summed E-state index contributed by atoms with van der Waals surface area (Å²) in [5.41, 5.74) is 2.04. The van der Waals surface area contributed by atoms with Crippen LogP contribution in [0.5, 0.6) is 0 Å². The second kappa shape index (κ2) is 11.5. The van der Waals surface area contributed by atoms with Crippen LogP contribution in [0.15, 0.2) is 57.8 Å². The molecule has 0 saturated carbocycles. The molecule has 1 aliphatic heterocycles. The Morgan fingerprint density at radius 2 is 1.81 bits per heavy atom. The number of anilines is 2. The number of esters is 1. The highest BCUT2D eigenvalue weighted by Gasteiger charge is 2.25. The molecule has 0 aliphatic carbocycles. The number of rotatable bonds is 7. The highest BCUT2D eigenvalue weighted by molar-refractivity contribution is 8.01. The molecule has 1 N–H and O–H groups in total. The SMILES string of the molecule is COC(=O)c1ccc(Sc2cnc(NC(=O)c3ccc(N(C)C)cc3)s2)cc1C(=O)N1CCOCC1. The molecule has 2 aromatic carbocycles. The van der Waals surface area contributed by atoms with Gasteiger partial charge in [0.25, 0.3) is 11.8 Å². The number of amides is 2. The summed E-state index contributed by atoms with van der Waals surface area (Å²) in [7, 11) is 5.17. The van der Waals surface area contributed by atoms with Gasteiger partial charge in [0, 0.05) is 43.3 Å². The normalized spacial score (nSPS) is 13.2. The average molecular weight is 527 g/mol. The quantitative estimate of drug-likeness (QED) is 0.463. The van der Waals surface area contributed by atoms with Crippen LogP contribution in [-0.4, -0.2) is 75.2 Å². The summed E-state index contributed by atoms with van der Waals surface area (Å²) in [6.07, 6.45) is 1.66. The Morgan fingerprint density at radius 3 is 2.47 bits per heavy atom. The Bertz CT molecular complexity index is 1250. The van der Waals surface area contributed by atoms with E-state index in [0.29, 0.717) is 37.0 Å². The first-order chi connectivity index (χ1) is 17.4. The second-order valence-corrected chi connectivity index (χ2v) is 10.5. The van der Waals surface area contributed by atoms with Gasteiger partial charge in [0.1, 0.15) is 0 Å². The summed E-state index contributed by atoms with van der Waals surface area (Å²) in [5, 5.41) is 3.29. The molecular formula is C25H26N4O5S2. The molecule has 11 heteroatoms. The third-order valence-electron chi connectivity index (χ3n) is 5.49. The zero-order chi connectivity index (χ0) is 25.7. The minimum absolute atomic E-state index is 0.218. The lowest BCUT2D eigenvalue weighted by Gasteiger charge is -2.27. The molecule has 0 atom stereocenters. The standard InChI is InChI=1S/C25H26N4O5S2/c1-28(2)17-6-4-16(5-7-17)22(30)27-25-26-15-21(36-25)35-18-8-9-19(24(32)33-3)20(14-18)23(31)29-10-12-34-13-11-29/h4-9,14-15H,10-13H2,1-3H3,(H,26,27,30). The van der Waals surface area contributed by atoms with Gasteiger partial charge in [-0.1, -0.05) is 23.1 Å². The number of nitrogens with one attached hydrogen (secondary N) is 1.